The second-order valence-electron chi connectivity index (χ2n) is 7.09. The minimum Gasteiger partial charge on any atom is -0.368 e. The Kier molecular flexibility index (Phi) is 5.65. The molecule has 0 atom stereocenters. The van der Waals surface area contributed by atoms with Gasteiger partial charge in [-0.1, -0.05) is 18.2 Å². The number of nitrogens with one attached hydrogen (secondary N) is 1. The van der Waals surface area contributed by atoms with Crippen LogP contribution in [0, 0.1) is 6.92 Å². The maximum absolute atomic E-state index is 12.8. The van der Waals surface area contributed by atoms with Gasteiger partial charge in [0, 0.05) is 50.5 Å². The molecular formula is C22H24N6O. The van der Waals surface area contributed by atoms with E-state index in [1.165, 1.54) is 11.3 Å². The van der Waals surface area contributed by atoms with E-state index in [4.69, 9.17) is 0 Å². The zero-order chi connectivity index (χ0) is 20.1. The van der Waals surface area contributed by atoms with Crippen molar-refractivity contribution in [3.63, 3.8) is 0 Å². The van der Waals surface area contributed by atoms with Crippen LogP contribution in [-0.4, -0.2) is 51.9 Å². The zero-order valence-electron chi connectivity index (χ0n) is 16.5. The van der Waals surface area contributed by atoms with Crippen LogP contribution in [0.25, 0.3) is 0 Å². The van der Waals surface area contributed by atoms with Gasteiger partial charge in [0.05, 0.1) is 17.8 Å². The highest BCUT2D eigenvalue weighted by Crippen LogP contribution is 2.18. The summed E-state index contributed by atoms with van der Waals surface area (Å²) in [6.07, 6.45) is 4.92. The van der Waals surface area contributed by atoms with E-state index in [2.05, 4.69) is 56.4 Å². The first-order valence-corrected chi connectivity index (χ1v) is 9.76. The SMILES string of the molecule is Cc1cccc(N2CCN(C(=O)c3cnc(NCc4ccccn4)nc3)CC2)c1. The molecule has 4 rings (SSSR count). The minimum atomic E-state index is -0.0230. The van der Waals surface area contributed by atoms with Crippen LogP contribution >= 0.6 is 0 Å². The van der Waals surface area contributed by atoms with E-state index in [9.17, 15) is 4.79 Å². The number of aromatic nitrogens is 3. The zero-order valence-corrected chi connectivity index (χ0v) is 16.5. The molecule has 1 aliphatic heterocycles. The average molecular weight is 388 g/mol. The molecule has 0 bridgehead atoms. The number of anilines is 2. The van der Waals surface area contributed by atoms with E-state index in [0.717, 1.165) is 18.8 Å². The van der Waals surface area contributed by atoms with Gasteiger partial charge in [-0.15, -0.1) is 0 Å². The monoisotopic (exact) mass is 388 g/mol. The molecule has 1 fully saturated rings. The first kappa shape index (κ1) is 18.9. The first-order chi connectivity index (χ1) is 14.2. The Hall–Kier alpha value is -3.48. The first-order valence-electron chi connectivity index (χ1n) is 9.76. The fraction of sp³-hybridized carbons (Fsp3) is 0.273. The molecule has 1 saturated heterocycles. The summed E-state index contributed by atoms with van der Waals surface area (Å²) >= 11 is 0. The lowest BCUT2D eigenvalue weighted by atomic mass is 10.2. The van der Waals surface area contributed by atoms with Crippen molar-refractivity contribution in [2.45, 2.75) is 13.5 Å². The highest BCUT2D eigenvalue weighted by Gasteiger charge is 2.22. The van der Waals surface area contributed by atoms with Gasteiger partial charge >= 0.3 is 0 Å². The minimum absolute atomic E-state index is 0.0230. The molecule has 1 N–H and O–H groups in total. The summed E-state index contributed by atoms with van der Waals surface area (Å²) in [7, 11) is 0. The second-order valence-corrected chi connectivity index (χ2v) is 7.09. The largest absolute Gasteiger partial charge is 0.368 e. The number of rotatable bonds is 5. The van der Waals surface area contributed by atoms with Crippen LogP contribution in [0.4, 0.5) is 11.6 Å². The van der Waals surface area contributed by atoms with Crippen LogP contribution in [-0.2, 0) is 6.54 Å². The third-order valence-corrected chi connectivity index (χ3v) is 4.99. The summed E-state index contributed by atoms with van der Waals surface area (Å²) in [6, 6.07) is 14.2. The summed E-state index contributed by atoms with van der Waals surface area (Å²) in [5.41, 5.74) is 3.87. The van der Waals surface area contributed by atoms with Gasteiger partial charge in [0.1, 0.15) is 0 Å². The molecule has 0 aliphatic carbocycles. The predicted molar refractivity (Wildman–Crippen MR) is 113 cm³/mol. The third kappa shape index (κ3) is 4.68. The smallest absolute Gasteiger partial charge is 0.257 e. The van der Waals surface area contributed by atoms with Gasteiger partial charge in [-0.2, -0.15) is 0 Å². The number of pyridine rings is 1. The van der Waals surface area contributed by atoms with E-state index in [0.29, 0.717) is 31.1 Å². The van der Waals surface area contributed by atoms with Gasteiger partial charge in [0.25, 0.3) is 5.91 Å². The van der Waals surface area contributed by atoms with Crippen molar-refractivity contribution >= 4 is 17.5 Å². The number of aryl methyl sites for hydroxylation is 1. The van der Waals surface area contributed by atoms with Crippen LogP contribution in [0.1, 0.15) is 21.6 Å². The normalized spacial score (nSPS) is 14.0. The van der Waals surface area contributed by atoms with Crippen molar-refractivity contribution in [2.75, 3.05) is 36.4 Å². The molecule has 3 aromatic rings. The molecule has 7 nitrogen and oxygen atoms in total. The fourth-order valence-corrected chi connectivity index (χ4v) is 3.38. The fourth-order valence-electron chi connectivity index (χ4n) is 3.38. The predicted octanol–water partition coefficient (Wildman–Crippen LogP) is 2.75. The van der Waals surface area contributed by atoms with E-state index in [1.54, 1.807) is 18.6 Å². The maximum Gasteiger partial charge on any atom is 0.257 e. The van der Waals surface area contributed by atoms with Crippen molar-refractivity contribution in [3.8, 4) is 0 Å². The molecule has 1 amide bonds. The van der Waals surface area contributed by atoms with E-state index in [1.807, 2.05) is 23.1 Å². The average Bonchev–Trinajstić information content (AvgIpc) is 2.78. The third-order valence-electron chi connectivity index (χ3n) is 4.99. The highest BCUT2D eigenvalue weighted by atomic mass is 16.2. The molecule has 1 aliphatic rings. The lowest BCUT2D eigenvalue weighted by Gasteiger charge is -2.36. The molecule has 148 valence electrons. The number of piperazine rings is 1. The maximum atomic E-state index is 12.8. The molecule has 29 heavy (non-hydrogen) atoms. The summed E-state index contributed by atoms with van der Waals surface area (Å²) in [5.74, 6) is 0.460. The highest BCUT2D eigenvalue weighted by molar-refractivity contribution is 5.93. The molecule has 0 unspecified atom stereocenters. The Morgan fingerprint density at radius 2 is 1.79 bits per heavy atom. The number of nitrogens with zero attached hydrogens (tertiary/aromatic N) is 5. The number of hydrogen-bond acceptors (Lipinski definition) is 6. The number of carbonyl (C=O) groups is 1. The van der Waals surface area contributed by atoms with Crippen molar-refractivity contribution in [2.24, 2.45) is 0 Å². The molecule has 1 aromatic carbocycles. The van der Waals surface area contributed by atoms with E-state index < -0.39 is 0 Å². The van der Waals surface area contributed by atoms with Crippen molar-refractivity contribution in [3.05, 3.63) is 77.9 Å². The Morgan fingerprint density at radius 1 is 1.00 bits per heavy atom. The summed E-state index contributed by atoms with van der Waals surface area (Å²) in [4.78, 5) is 29.8. The standard InChI is InChI=1S/C22H24N6O/c1-17-5-4-7-20(13-17)27-9-11-28(12-10-27)21(29)18-14-24-22(25-15-18)26-16-19-6-2-3-8-23-19/h2-8,13-15H,9-12,16H2,1H3,(H,24,25,26). The van der Waals surface area contributed by atoms with Crippen LogP contribution in [0.15, 0.2) is 61.1 Å². The van der Waals surface area contributed by atoms with Crippen LogP contribution in [0.3, 0.4) is 0 Å². The van der Waals surface area contributed by atoms with Gasteiger partial charge in [0.2, 0.25) is 5.95 Å². The quantitative estimate of drug-likeness (QED) is 0.724. The molecule has 0 saturated carbocycles. The van der Waals surface area contributed by atoms with Gasteiger partial charge in [0.15, 0.2) is 0 Å². The number of hydrogen-bond donors (Lipinski definition) is 1. The molecule has 0 spiro atoms. The van der Waals surface area contributed by atoms with Crippen LogP contribution in [0.5, 0.6) is 0 Å². The second kappa shape index (κ2) is 8.68. The summed E-state index contributed by atoms with van der Waals surface area (Å²) in [5, 5.41) is 3.12. The number of amides is 1. The Bertz CT molecular complexity index is 953. The van der Waals surface area contributed by atoms with E-state index >= 15 is 0 Å². The van der Waals surface area contributed by atoms with Gasteiger partial charge in [-0.05, 0) is 36.8 Å². The lowest BCUT2D eigenvalue weighted by Crippen LogP contribution is -2.48. The Labute approximate surface area is 170 Å². The van der Waals surface area contributed by atoms with E-state index in [-0.39, 0.29) is 5.91 Å². The van der Waals surface area contributed by atoms with Gasteiger partial charge in [-0.3, -0.25) is 9.78 Å². The summed E-state index contributed by atoms with van der Waals surface area (Å²) < 4.78 is 0. The summed E-state index contributed by atoms with van der Waals surface area (Å²) in [6.45, 7) is 5.64. The number of carbonyl (C=O) groups excluding carboxylic acids is 1. The van der Waals surface area contributed by atoms with Crippen LogP contribution < -0.4 is 10.2 Å². The van der Waals surface area contributed by atoms with Gasteiger partial charge in [-0.25, -0.2) is 9.97 Å². The molecule has 2 aromatic heterocycles. The lowest BCUT2D eigenvalue weighted by molar-refractivity contribution is 0.0746. The van der Waals surface area contributed by atoms with Crippen molar-refractivity contribution < 1.29 is 4.79 Å². The topological polar surface area (TPSA) is 74.2 Å². The number of benzene rings is 1. The van der Waals surface area contributed by atoms with Gasteiger partial charge < -0.3 is 15.1 Å². The Balaban J connectivity index is 1.31. The Morgan fingerprint density at radius 3 is 2.48 bits per heavy atom. The molecule has 0 radical (unpaired) electrons. The van der Waals surface area contributed by atoms with Crippen LogP contribution in [0.2, 0.25) is 0 Å². The molecule has 3 heterocycles. The molecular weight excluding hydrogens is 364 g/mol. The van der Waals surface area contributed by atoms with Crippen molar-refractivity contribution in [1.29, 1.82) is 0 Å². The molecule has 7 heteroatoms. The van der Waals surface area contributed by atoms with Crippen molar-refractivity contribution in [1.82, 2.24) is 19.9 Å².